The molecule has 202 valence electrons. The van der Waals surface area contributed by atoms with Crippen LogP contribution in [0, 0.1) is 12.3 Å². The Morgan fingerprint density at radius 3 is 1.81 bits per heavy atom. The van der Waals surface area contributed by atoms with Crippen molar-refractivity contribution in [3.8, 4) is 22.3 Å². The van der Waals surface area contributed by atoms with Crippen LogP contribution >= 0.6 is 0 Å². The average Bonchev–Trinajstić information content (AvgIpc) is 3.03. The summed E-state index contributed by atoms with van der Waals surface area (Å²) < 4.78 is 0. The highest BCUT2D eigenvalue weighted by Gasteiger charge is 2.17. The maximum atomic E-state index is 7.93. The summed E-state index contributed by atoms with van der Waals surface area (Å²) in [6.07, 6.45) is 7.06. The van der Waals surface area contributed by atoms with Crippen molar-refractivity contribution in [2.75, 3.05) is 0 Å². The van der Waals surface area contributed by atoms with Gasteiger partial charge in [-0.2, -0.15) is 0 Å². The van der Waals surface area contributed by atoms with E-state index in [9.17, 15) is 0 Å². The predicted octanol–water partition coefficient (Wildman–Crippen LogP) is 11.5. The van der Waals surface area contributed by atoms with E-state index >= 15 is 0 Å². The lowest BCUT2D eigenvalue weighted by Gasteiger charge is -2.18. The van der Waals surface area contributed by atoms with E-state index in [1.54, 1.807) is 6.08 Å². The summed E-state index contributed by atoms with van der Waals surface area (Å²) in [5.41, 5.74) is 9.68. The first-order chi connectivity index (χ1) is 20.5. The summed E-state index contributed by atoms with van der Waals surface area (Å²) >= 11 is 0. The van der Waals surface area contributed by atoms with E-state index in [2.05, 4.69) is 129 Å². The van der Waals surface area contributed by atoms with E-state index in [1.807, 2.05) is 19.1 Å². The molecular weight excluding hydrogens is 506 g/mol. The van der Waals surface area contributed by atoms with Crippen LogP contribution in [-0.2, 0) is 0 Å². The summed E-state index contributed by atoms with van der Waals surface area (Å²) in [6, 6.07) is 39.5. The topological polar surface area (TPSA) is 23.9 Å². The van der Waals surface area contributed by atoms with Crippen molar-refractivity contribution in [2.24, 2.45) is 0 Å². The number of nitrogens with one attached hydrogen (secondary N) is 1. The van der Waals surface area contributed by atoms with Gasteiger partial charge in [0.1, 0.15) is 0 Å². The molecule has 6 aromatic rings. The van der Waals surface area contributed by atoms with Gasteiger partial charge in [-0.05, 0) is 109 Å². The minimum atomic E-state index is 0.786. The largest absolute Gasteiger partial charge is 0.308 e. The van der Waals surface area contributed by atoms with Gasteiger partial charge in [-0.1, -0.05) is 128 Å². The van der Waals surface area contributed by atoms with Crippen molar-refractivity contribution in [2.45, 2.75) is 13.8 Å². The highest BCUT2D eigenvalue weighted by atomic mass is 14.3. The summed E-state index contributed by atoms with van der Waals surface area (Å²) in [5, 5.41) is 15.3. The molecule has 1 heteroatoms. The number of benzene rings is 6. The molecule has 42 heavy (non-hydrogen) atoms. The maximum Gasteiger partial charge on any atom is 0.0256 e. The van der Waals surface area contributed by atoms with Crippen molar-refractivity contribution in [3.63, 3.8) is 0 Å². The Bertz CT molecular complexity index is 2040. The van der Waals surface area contributed by atoms with E-state index in [1.165, 1.54) is 60.8 Å². The Labute approximate surface area is 248 Å². The minimum absolute atomic E-state index is 0.786. The molecule has 0 aliphatic rings. The second kappa shape index (κ2) is 11.3. The molecule has 0 aromatic heterocycles. The Balaban J connectivity index is 1.59. The van der Waals surface area contributed by atoms with Gasteiger partial charge < -0.3 is 5.41 Å². The lowest BCUT2D eigenvalue weighted by molar-refractivity contribution is 1.49. The molecule has 0 saturated heterocycles. The molecule has 0 saturated carbocycles. The van der Waals surface area contributed by atoms with Crippen molar-refractivity contribution >= 4 is 44.1 Å². The molecule has 0 amide bonds. The summed E-state index contributed by atoms with van der Waals surface area (Å²) in [6.45, 7) is 12.4. The van der Waals surface area contributed by atoms with E-state index in [-0.39, 0.29) is 0 Å². The number of aryl methyl sites for hydroxylation is 1. The second-order valence-corrected chi connectivity index (χ2v) is 10.7. The molecule has 0 unspecified atom stereocenters. The van der Waals surface area contributed by atoms with Crippen LogP contribution in [0.1, 0.15) is 18.1 Å². The van der Waals surface area contributed by atoms with Gasteiger partial charge in [0.25, 0.3) is 0 Å². The van der Waals surface area contributed by atoms with Crippen molar-refractivity contribution in [1.82, 2.24) is 0 Å². The first-order valence-electron chi connectivity index (χ1n) is 14.3. The van der Waals surface area contributed by atoms with E-state index < -0.39 is 0 Å². The molecule has 6 rings (SSSR count). The van der Waals surface area contributed by atoms with Gasteiger partial charge in [-0.15, -0.1) is 0 Å². The first kappa shape index (κ1) is 26.9. The number of fused-ring (bicyclic) bond motifs is 3. The fourth-order valence-electron chi connectivity index (χ4n) is 6.03. The van der Waals surface area contributed by atoms with Crippen LogP contribution in [0.2, 0.25) is 0 Å². The van der Waals surface area contributed by atoms with Crippen LogP contribution in [0.4, 0.5) is 0 Å². The van der Waals surface area contributed by atoms with Crippen molar-refractivity contribution in [3.05, 3.63) is 163 Å². The standard InChI is InChI=1S/C41H33N/c1-5-29(6-2)35(26-42)23-28(4)31-12-11-13-32(24-31)40-36-14-7-9-16-38(36)41(39-17-10-8-15-37(39)40)33-21-20-30-19-18-27(3)22-34(30)25-33/h5-26,42H,1,4H2,2-3H3/b29-6+,35-23+,42-26?. The second-order valence-electron chi connectivity index (χ2n) is 10.7. The van der Waals surface area contributed by atoms with Crippen LogP contribution in [0.3, 0.4) is 0 Å². The lowest BCUT2D eigenvalue weighted by atomic mass is 9.85. The molecule has 0 radical (unpaired) electrons. The van der Waals surface area contributed by atoms with Gasteiger partial charge >= 0.3 is 0 Å². The molecule has 0 heterocycles. The highest BCUT2D eigenvalue weighted by molar-refractivity contribution is 6.21. The Morgan fingerprint density at radius 1 is 0.643 bits per heavy atom. The van der Waals surface area contributed by atoms with Gasteiger partial charge in [0, 0.05) is 6.21 Å². The van der Waals surface area contributed by atoms with Crippen LogP contribution < -0.4 is 0 Å². The fourth-order valence-corrected chi connectivity index (χ4v) is 6.03. The summed E-state index contributed by atoms with van der Waals surface area (Å²) in [4.78, 5) is 0. The SMILES string of the molecule is C=CC(=C\C)/C(C=N)=C/C(=C)c1cccc(-c2c3ccccc3c(-c3ccc4ccc(C)cc4c3)c3ccccc23)c1. The Hall–Kier alpha value is -5.27. The molecule has 6 aromatic carbocycles. The van der Waals surface area contributed by atoms with Crippen LogP contribution in [-0.4, -0.2) is 6.21 Å². The normalized spacial score (nSPS) is 12.1. The number of allylic oxidation sites excluding steroid dienone is 6. The summed E-state index contributed by atoms with van der Waals surface area (Å²) in [5.74, 6) is 0. The quantitative estimate of drug-likeness (QED) is 0.118. The number of rotatable bonds is 7. The van der Waals surface area contributed by atoms with Crippen LogP contribution in [0.15, 0.2) is 152 Å². The zero-order chi connectivity index (χ0) is 29.2. The molecule has 0 atom stereocenters. The molecule has 0 fully saturated rings. The Morgan fingerprint density at radius 2 is 1.24 bits per heavy atom. The van der Waals surface area contributed by atoms with Crippen LogP contribution in [0.5, 0.6) is 0 Å². The van der Waals surface area contributed by atoms with Gasteiger partial charge in [0.15, 0.2) is 0 Å². The van der Waals surface area contributed by atoms with E-state index in [4.69, 9.17) is 5.41 Å². The molecule has 0 bridgehead atoms. The minimum Gasteiger partial charge on any atom is -0.308 e. The van der Waals surface area contributed by atoms with E-state index in [0.717, 1.165) is 27.8 Å². The molecule has 1 N–H and O–H groups in total. The van der Waals surface area contributed by atoms with Gasteiger partial charge in [-0.3, -0.25) is 0 Å². The van der Waals surface area contributed by atoms with Crippen molar-refractivity contribution in [1.29, 1.82) is 5.41 Å². The molecule has 0 spiro atoms. The third-order valence-corrected chi connectivity index (χ3v) is 8.09. The van der Waals surface area contributed by atoms with Gasteiger partial charge in [0.05, 0.1) is 0 Å². The molecule has 1 nitrogen and oxygen atoms in total. The third-order valence-electron chi connectivity index (χ3n) is 8.09. The third kappa shape index (κ3) is 4.80. The Kier molecular flexibility index (Phi) is 7.25. The van der Waals surface area contributed by atoms with Gasteiger partial charge in [0.2, 0.25) is 0 Å². The molecule has 0 aliphatic carbocycles. The van der Waals surface area contributed by atoms with Crippen molar-refractivity contribution < 1.29 is 0 Å². The fraction of sp³-hybridized carbons (Fsp3) is 0.0488. The highest BCUT2D eigenvalue weighted by Crippen LogP contribution is 2.44. The van der Waals surface area contributed by atoms with E-state index in [0.29, 0.717) is 0 Å². The molecular formula is C41H33N. The zero-order valence-corrected chi connectivity index (χ0v) is 24.1. The maximum absolute atomic E-state index is 7.93. The average molecular weight is 540 g/mol. The molecule has 0 aliphatic heterocycles. The number of hydrogen-bond acceptors (Lipinski definition) is 1. The number of hydrogen-bond donors (Lipinski definition) is 1. The first-order valence-corrected chi connectivity index (χ1v) is 14.3. The van der Waals surface area contributed by atoms with Crippen LogP contribution in [0.25, 0.3) is 60.1 Å². The summed E-state index contributed by atoms with van der Waals surface area (Å²) in [7, 11) is 0. The zero-order valence-electron chi connectivity index (χ0n) is 24.1. The monoisotopic (exact) mass is 539 g/mol. The predicted molar refractivity (Wildman–Crippen MR) is 184 cm³/mol. The van der Waals surface area contributed by atoms with Gasteiger partial charge in [-0.25, -0.2) is 0 Å². The smallest absolute Gasteiger partial charge is 0.0256 e. The lowest BCUT2D eigenvalue weighted by Crippen LogP contribution is -1.92.